The second kappa shape index (κ2) is 5.13. The molecule has 0 bridgehead atoms. The second-order valence-electron chi connectivity index (χ2n) is 6.06. The lowest BCUT2D eigenvalue weighted by atomic mass is 10.2. The third-order valence-electron chi connectivity index (χ3n) is 2.18. The molecule has 0 saturated carbocycles. The maximum absolute atomic E-state index is 6.08. The monoisotopic (exact) mass is 214 g/mol. The third kappa shape index (κ3) is 4.96. The van der Waals surface area contributed by atoms with Crippen molar-refractivity contribution < 1.29 is 4.43 Å². The van der Waals surface area contributed by atoms with Crippen molar-refractivity contribution in [1.82, 2.24) is 0 Å². The van der Waals surface area contributed by atoms with E-state index in [2.05, 4.69) is 48.1 Å². The molecule has 0 saturated heterocycles. The van der Waals surface area contributed by atoms with Gasteiger partial charge in [-0.3, -0.25) is 0 Å². The Bertz CT molecular complexity index is 160. The highest BCUT2D eigenvalue weighted by Crippen LogP contribution is 2.42. The van der Waals surface area contributed by atoms with Gasteiger partial charge in [-0.2, -0.15) is 0 Å². The first-order valence-electron chi connectivity index (χ1n) is 5.42. The Morgan fingerprint density at radius 2 is 1.50 bits per heavy atom. The summed E-state index contributed by atoms with van der Waals surface area (Å²) in [4.78, 5) is 0. The first-order chi connectivity index (χ1) is 6.19. The molecular formula is C12H26OSi. The molecule has 0 unspecified atom stereocenters. The normalized spacial score (nSPS) is 13.4. The zero-order valence-electron chi connectivity index (χ0n) is 10.7. The molecule has 0 atom stereocenters. The van der Waals surface area contributed by atoms with Crippen LogP contribution >= 0.6 is 0 Å². The lowest BCUT2D eigenvalue weighted by Gasteiger charge is -2.38. The van der Waals surface area contributed by atoms with Crippen molar-refractivity contribution in [2.45, 2.75) is 58.0 Å². The SMILES string of the molecule is C=CCCO[SiH](C(C)(C)C)C(C)(C)C. The van der Waals surface area contributed by atoms with Crippen molar-refractivity contribution in [3.05, 3.63) is 12.7 Å². The lowest BCUT2D eigenvalue weighted by Crippen LogP contribution is -2.38. The fourth-order valence-electron chi connectivity index (χ4n) is 2.07. The average molecular weight is 214 g/mol. The molecule has 14 heavy (non-hydrogen) atoms. The van der Waals surface area contributed by atoms with E-state index in [4.69, 9.17) is 4.43 Å². The zero-order valence-corrected chi connectivity index (χ0v) is 11.8. The summed E-state index contributed by atoms with van der Waals surface area (Å²) in [6.07, 6.45) is 2.90. The molecule has 0 aliphatic rings. The van der Waals surface area contributed by atoms with Gasteiger partial charge in [-0.25, -0.2) is 0 Å². The first kappa shape index (κ1) is 13.9. The van der Waals surface area contributed by atoms with Crippen molar-refractivity contribution in [3.8, 4) is 0 Å². The van der Waals surface area contributed by atoms with E-state index in [1.807, 2.05) is 6.08 Å². The summed E-state index contributed by atoms with van der Waals surface area (Å²) >= 11 is 0. The minimum Gasteiger partial charge on any atom is -0.419 e. The number of hydrogen-bond donors (Lipinski definition) is 0. The van der Waals surface area contributed by atoms with Gasteiger partial charge in [0.25, 0.3) is 0 Å². The van der Waals surface area contributed by atoms with Gasteiger partial charge < -0.3 is 4.43 Å². The predicted octanol–water partition coefficient (Wildman–Crippen LogP) is 3.90. The molecule has 0 aromatic carbocycles. The fraction of sp³-hybridized carbons (Fsp3) is 0.833. The van der Waals surface area contributed by atoms with Crippen LogP contribution in [0.3, 0.4) is 0 Å². The molecule has 0 aromatic rings. The maximum atomic E-state index is 6.08. The number of rotatable bonds is 4. The van der Waals surface area contributed by atoms with Crippen molar-refractivity contribution in [2.24, 2.45) is 0 Å². The van der Waals surface area contributed by atoms with E-state index in [0.29, 0.717) is 10.1 Å². The summed E-state index contributed by atoms with van der Waals surface area (Å²) in [5.41, 5.74) is 0. The van der Waals surface area contributed by atoms with Gasteiger partial charge in [-0.1, -0.05) is 47.6 Å². The second-order valence-corrected chi connectivity index (χ2v) is 10.6. The molecule has 1 nitrogen and oxygen atoms in total. The van der Waals surface area contributed by atoms with Gasteiger partial charge >= 0.3 is 0 Å². The van der Waals surface area contributed by atoms with Gasteiger partial charge in [0.2, 0.25) is 0 Å². The maximum Gasteiger partial charge on any atom is 0.187 e. The van der Waals surface area contributed by atoms with Crippen molar-refractivity contribution >= 4 is 9.04 Å². The van der Waals surface area contributed by atoms with Crippen LogP contribution in [-0.4, -0.2) is 15.6 Å². The summed E-state index contributed by atoms with van der Waals surface area (Å²) in [7, 11) is -1.19. The molecule has 0 aromatic heterocycles. The van der Waals surface area contributed by atoms with Crippen LogP contribution in [0, 0.1) is 0 Å². The van der Waals surface area contributed by atoms with Crippen molar-refractivity contribution in [3.63, 3.8) is 0 Å². The molecule has 0 radical (unpaired) electrons. The lowest BCUT2D eigenvalue weighted by molar-refractivity contribution is 0.288. The summed E-state index contributed by atoms with van der Waals surface area (Å²) in [5.74, 6) is 0. The standard InChI is InChI=1S/C12H26OSi/c1-8-9-10-13-14(11(2,3)4)12(5,6)7/h8,14H,1,9-10H2,2-7H3. The highest BCUT2D eigenvalue weighted by Gasteiger charge is 2.37. The topological polar surface area (TPSA) is 9.23 Å². The summed E-state index contributed by atoms with van der Waals surface area (Å²) in [5, 5.41) is 0.666. The minimum absolute atomic E-state index is 0.333. The Hall–Kier alpha value is -0.0831. The van der Waals surface area contributed by atoms with Gasteiger partial charge in [0, 0.05) is 6.61 Å². The molecular weight excluding hydrogens is 188 g/mol. The van der Waals surface area contributed by atoms with E-state index in [9.17, 15) is 0 Å². The molecule has 0 aliphatic heterocycles. The molecule has 0 heterocycles. The van der Waals surface area contributed by atoms with Crippen LogP contribution in [-0.2, 0) is 4.43 Å². The molecule has 0 aliphatic carbocycles. The summed E-state index contributed by atoms with van der Waals surface area (Å²) < 4.78 is 6.08. The first-order valence-corrected chi connectivity index (χ1v) is 7.04. The van der Waals surface area contributed by atoms with Crippen LogP contribution in [0.25, 0.3) is 0 Å². The van der Waals surface area contributed by atoms with Crippen LogP contribution in [0.2, 0.25) is 10.1 Å². The highest BCUT2D eigenvalue weighted by atomic mass is 28.3. The molecule has 0 amide bonds. The molecule has 2 heteroatoms. The van der Waals surface area contributed by atoms with Crippen LogP contribution in [0.5, 0.6) is 0 Å². The van der Waals surface area contributed by atoms with Gasteiger partial charge in [-0.05, 0) is 16.5 Å². The highest BCUT2D eigenvalue weighted by molar-refractivity contribution is 6.58. The van der Waals surface area contributed by atoms with E-state index in [1.165, 1.54) is 0 Å². The van der Waals surface area contributed by atoms with Crippen molar-refractivity contribution in [1.29, 1.82) is 0 Å². The van der Waals surface area contributed by atoms with E-state index >= 15 is 0 Å². The van der Waals surface area contributed by atoms with Crippen LogP contribution in [0.4, 0.5) is 0 Å². The Kier molecular flexibility index (Phi) is 5.10. The zero-order chi connectivity index (χ0) is 11.4. The molecule has 84 valence electrons. The molecule has 0 N–H and O–H groups in total. The fourth-order valence-corrected chi connectivity index (χ4v) is 6.04. The van der Waals surface area contributed by atoms with Crippen molar-refractivity contribution in [2.75, 3.05) is 6.61 Å². The van der Waals surface area contributed by atoms with E-state index in [1.54, 1.807) is 0 Å². The van der Waals surface area contributed by atoms with Gasteiger partial charge in [0.15, 0.2) is 9.04 Å². The quantitative estimate of drug-likeness (QED) is 0.392. The molecule has 0 spiro atoms. The minimum atomic E-state index is -1.19. The summed E-state index contributed by atoms with van der Waals surface area (Å²) in [6.45, 7) is 18.3. The van der Waals surface area contributed by atoms with Crippen LogP contribution < -0.4 is 0 Å². The molecule has 0 fully saturated rings. The average Bonchev–Trinajstić information content (AvgIpc) is 1.92. The Morgan fingerprint density at radius 3 is 1.79 bits per heavy atom. The van der Waals surface area contributed by atoms with Crippen LogP contribution in [0.15, 0.2) is 12.7 Å². The Labute approximate surface area is 91.3 Å². The van der Waals surface area contributed by atoms with Gasteiger partial charge in [0.05, 0.1) is 0 Å². The summed E-state index contributed by atoms with van der Waals surface area (Å²) in [6, 6.07) is 0. The predicted molar refractivity (Wildman–Crippen MR) is 67.3 cm³/mol. The van der Waals surface area contributed by atoms with E-state index in [-0.39, 0.29) is 0 Å². The van der Waals surface area contributed by atoms with E-state index < -0.39 is 9.04 Å². The van der Waals surface area contributed by atoms with E-state index in [0.717, 1.165) is 13.0 Å². The largest absolute Gasteiger partial charge is 0.419 e. The third-order valence-corrected chi connectivity index (χ3v) is 5.89. The Balaban J connectivity index is 4.35. The van der Waals surface area contributed by atoms with Gasteiger partial charge in [0.1, 0.15) is 0 Å². The van der Waals surface area contributed by atoms with Gasteiger partial charge in [-0.15, -0.1) is 6.58 Å². The smallest absolute Gasteiger partial charge is 0.187 e. The molecule has 0 rings (SSSR count). The Morgan fingerprint density at radius 1 is 1.07 bits per heavy atom. The number of hydrogen-bond acceptors (Lipinski definition) is 1. The van der Waals surface area contributed by atoms with Crippen LogP contribution in [0.1, 0.15) is 48.0 Å².